The standard InChI is InChI=1S/C15H16N4O.ClH/c1-2-6-12-10(4-1)8-13(17-12)14-18-15(20-19-14)11-5-3-7-16-9-11;/h1-2,4,6,8,11,16-17H,3,5,7,9H2;1H. The number of halogens is 1. The van der Waals surface area contributed by atoms with Gasteiger partial charge in [-0.25, -0.2) is 0 Å². The number of aromatic amines is 1. The second-order valence-corrected chi connectivity index (χ2v) is 5.27. The van der Waals surface area contributed by atoms with Crippen molar-refractivity contribution in [1.82, 2.24) is 20.4 Å². The average molecular weight is 305 g/mol. The van der Waals surface area contributed by atoms with Crippen LogP contribution in [0.3, 0.4) is 0 Å². The molecule has 1 aromatic carbocycles. The lowest BCUT2D eigenvalue weighted by Gasteiger charge is -2.18. The van der Waals surface area contributed by atoms with Crippen molar-refractivity contribution < 1.29 is 4.52 Å². The molecule has 3 aromatic rings. The van der Waals surface area contributed by atoms with Gasteiger partial charge in [0.25, 0.3) is 0 Å². The molecule has 110 valence electrons. The van der Waals surface area contributed by atoms with Crippen molar-refractivity contribution in [3.8, 4) is 11.5 Å². The quantitative estimate of drug-likeness (QED) is 0.763. The van der Waals surface area contributed by atoms with Gasteiger partial charge in [-0.3, -0.25) is 0 Å². The van der Waals surface area contributed by atoms with Gasteiger partial charge in [0.1, 0.15) is 0 Å². The van der Waals surface area contributed by atoms with Crippen LogP contribution in [0.4, 0.5) is 0 Å². The number of piperidine rings is 1. The number of nitrogens with zero attached hydrogens (tertiary/aromatic N) is 2. The summed E-state index contributed by atoms with van der Waals surface area (Å²) in [6.07, 6.45) is 2.27. The molecule has 2 N–H and O–H groups in total. The first-order valence-electron chi connectivity index (χ1n) is 7.02. The van der Waals surface area contributed by atoms with Gasteiger partial charge in [-0.15, -0.1) is 12.4 Å². The summed E-state index contributed by atoms with van der Waals surface area (Å²) < 4.78 is 5.43. The molecule has 21 heavy (non-hydrogen) atoms. The Balaban J connectivity index is 0.00000132. The predicted octanol–water partition coefficient (Wildman–Crippen LogP) is 3.11. The van der Waals surface area contributed by atoms with Crippen LogP contribution >= 0.6 is 12.4 Å². The average Bonchev–Trinajstić information content (AvgIpc) is 3.14. The van der Waals surface area contributed by atoms with Gasteiger partial charge in [-0.2, -0.15) is 4.98 Å². The molecule has 1 fully saturated rings. The van der Waals surface area contributed by atoms with E-state index in [-0.39, 0.29) is 12.4 Å². The largest absolute Gasteiger partial charge is 0.352 e. The number of benzene rings is 1. The van der Waals surface area contributed by atoms with E-state index < -0.39 is 0 Å². The van der Waals surface area contributed by atoms with Crippen molar-refractivity contribution in [2.45, 2.75) is 18.8 Å². The van der Waals surface area contributed by atoms with Crippen molar-refractivity contribution in [1.29, 1.82) is 0 Å². The number of para-hydroxylation sites is 1. The highest BCUT2D eigenvalue weighted by atomic mass is 35.5. The SMILES string of the molecule is Cl.c1ccc2[nH]c(-c3noc(C4CCCNC4)n3)cc2c1. The van der Waals surface area contributed by atoms with E-state index in [0.29, 0.717) is 11.7 Å². The maximum absolute atomic E-state index is 5.43. The van der Waals surface area contributed by atoms with Crippen LogP contribution in [-0.2, 0) is 0 Å². The Hall–Kier alpha value is -1.85. The summed E-state index contributed by atoms with van der Waals surface area (Å²) in [5.74, 6) is 1.72. The van der Waals surface area contributed by atoms with Crippen LogP contribution in [0.1, 0.15) is 24.7 Å². The fourth-order valence-corrected chi connectivity index (χ4v) is 2.77. The second kappa shape index (κ2) is 5.87. The molecule has 1 aliphatic rings. The smallest absolute Gasteiger partial charge is 0.231 e. The van der Waals surface area contributed by atoms with Gasteiger partial charge in [-0.1, -0.05) is 23.4 Å². The molecule has 1 unspecified atom stereocenters. The van der Waals surface area contributed by atoms with Gasteiger partial charge in [0.05, 0.1) is 11.6 Å². The number of hydrogen-bond acceptors (Lipinski definition) is 4. The van der Waals surface area contributed by atoms with E-state index >= 15 is 0 Å². The summed E-state index contributed by atoms with van der Waals surface area (Å²) in [5, 5.41) is 8.64. The third-order valence-corrected chi connectivity index (χ3v) is 3.86. The third kappa shape index (κ3) is 2.66. The van der Waals surface area contributed by atoms with Crippen molar-refractivity contribution in [2.24, 2.45) is 0 Å². The molecule has 2 aromatic heterocycles. The van der Waals surface area contributed by atoms with E-state index in [1.807, 2.05) is 18.2 Å². The maximum atomic E-state index is 5.43. The normalized spacial score (nSPS) is 18.6. The Labute approximate surface area is 128 Å². The van der Waals surface area contributed by atoms with Crippen LogP contribution in [0.15, 0.2) is 34.9 Å². The molecule has 1 atom stereocenters. The summed E-state index contributed by atoms with van der Waals surface area (Å²) in [7, 11) is 0. The fraction of sp³-hybridized carbons (Fsp3) is 0.333. The minimum absolute atomic E-state index is 0. The zero-order chi connectivity index (χ0) is 13.4. The second-order valence-electron chi connectivity index (χ2n) is 5.27. The minimum atomic E-state index is 0. The predicted molar refractivity (Wildman–Crippen MR) is 83.7 cm³/mol. The van der Waals surface area contributed by atoms with Gasteiger partial charge in [0.2, 0.25) is 11.7 Å². The number of hydrogen-bond donors (Lipinski definition) is 2. The van der Waals surface area contributed by atoms with Crippen LogP contribution in [0.25, 0.3) is 22.4 Å². The summed E-state index contributed by atoms with van der Waals surface area (Å²) in [6.45, 7) is 2.01. The summed E-state index contributed by atoms with van der Waals surface area (Å²) >= 11 is 0. The molecule has 6 heteroatoms. The minimum Gasteiger partial charge on any atom is -0.352 e. The Morgan fingerprint density at radius 1 is 1.24 bits per heavy atom. The zero-order valence-corrected chi connectivity index (χ0v) is 12.3. The molecule has 0 aliphatic carbocycles. The number of nitrogens with one attached hydrogen (secondary N) is 2. The van der Waals surface area contributed by atoms with Crippen LogP contribution in [0, 0.1) is 0 Å². The van der Waals surface area contributed by atoms with Gasteiger partial charge < -0.3 is 14.8 Å². The first-order valence-corrected chi connectivity index (χ1v) is 7.02. The number of fused-ring (bicyclic) bond motifs is 1. The number of rotatable bonds is 2. The van der Waals surface area contributed by atoms with E-state index in [1.54, 1.807) is 0 Å². The first kappa shape index (κ1) is 14.1. The summed E-state index contributed by atoms with van der Waals surface area (Å²) in [5.41, 5.74) is 2.00. The molecule has 3 heterocycles. The van der Waals surface area contributed by atoms with E-state index in [2.05, 4.69) is 32.6 Å². The molecule has 4 rings (SSSR count). The van der Waals surface area contributed by atoms with Crippen LogP contribution in [-0.4, -0.2) is 28.2 Å². The van der Waals surface area contributed by atoms with Crippen LogP contribution < -0.4 is 5.32 Å². The highest BCUT2D eigenvalue weighted by molar-refractivity contribution is 5.85. The lowest BCUT2D eigenvalue weighted by molar-refractivity contribution is 0.322. The van der Waals surface area contributed by atoms with Crippen molar-refractivity contribution >= 4 is 23.3 Å². The Bertz CT molecular complexity index is 697. The molecule has 1 aliphatic heterocycles. The molecule has 0 saturated carbocycles. The Kier molecular flexibility index (Phi) is 3.94. The van der Waals surface area contributed by atoms with E-state index in [4.69, 9.17) is 4.52 Å². The van der Waals surface area contributed by atoms with E-state index in [9.17, 15) is 0 Å². The van der Waals surface area contributed by atoms with Crippen LogP contribution in [0.5, 0.6) is 0 Å². The zero-order valence-electron chi connectivity index (χ0n) is 11.5. The van der Waals surface area contributed by atoms with E-state index in [0.717, 1.165) is 48.4 Å². The molecule has 5 nitrogen and oxygen atoms in total. The van der Waals surface area contributed by atoms with E-state index in [1.165, 1.54) is 0 Å². The fourth-order valence-electron chi connectivity index (χ4n) is 2.77. The van der Waals surface area contributed by atoms with Gasteiger partial charge in [0.15, 0.2) is 0 Å². The topological polar surface area (TPSA) is 66.7 Å². The summed E-state index contributed by atoms with van der Waals surface area (Å²) in [4.78, 5) is 7.88. The molecule has 1 saturated heterocycles. The molecule has 0 spiro atoms. The number of aromatic nitrogens is 3. The van der Waals surface area contributed by atoms with Crippen LogP contribution in [0.2, 0.25) is 0 Å². The molecular weight excluding hydrogens is 288 g/mol. The Morgan fingerprint density at radius 2 is 2.14 bits per heavy atom. The van der Waals surface area contributed by atoms with Crippen molar-refractivity contribution in [3.05, 3.63) is 36.2 Å². The molecule has 0 bridgehead atoms. The summed E-state index contributed by atoms with van der Waals surface area (Å²) in [6, 6.07) is 10.2. The lowest BCUT2D eigenvalue weighted by atomic mass is 10.00. The molecular formula is C15H17ClN4O. The number of H-pyrrole nitrogens is 1. The van der Waals surface area contributed by atoms with Gasteiger partial charge >= 0.3 is 0 Å². The first-order chi connectivity index (χ1) is 9.90. The molecule has 0 amide bonds. The highest BCUT2D eigenvalue weighted by Crippen LogP contribution is 2.26. The van der Waals surface area contributed by atoms with Gasteiger partial charge in [0, 0.05) is 17.4 Å². The Morgan fingerprint density at radius 3 is 2.95 bits per heavy atom. The van der Waals surface area contributed by atoms with Crippen molar-refractivity contribution in [2.75, 3.05) is 13.1 Å². The molecule has 0 radical (unpaired) electrons. The maximum Gasteiger partial charge on any atom is 0.231 e. The monoisotopic (exact) mass is 304 g/mol. The lowest BCUT2D eigenvalue weighted by Crippen LogP contribution is -2.28. The highest BCUT2D eigenvalue weighted by Gasteiger charge is 2.22. The van der Waals surface area contributed by atoms with Gasteiger partial charge in [-0.05, 0) is 31.5 Å². The third-order valence-electron chi connectivity index (χ3n) is 3.86. The van der Waals surface area contributed by atoms with Crippen molar-refractivity contribution in [3.63, 3.8) is 0 Å².